The maximum Gasteiger partial charge on any atom is 0.328 e. The number of aliphatic carboxylic acids is 1. The van der Waals surface area contributed by atoms with Gasteiger partial charge in [0.1, 0.15) is 5.75 Å². The average molecular weight is 258 g/mol. The van der Waals surface area contributed by atoms with Gasteiger partial charge in [-0.25, -0.2) is 13.2 Å². The van der Waals surface area contributed by atoms with Gasteiger partial charge in [-0.15, -0.1) is 0 Å². The fourth-order valence-corrected chi connectivity index (χ4v) is 1.32. The van der Waals surface area contributed by atoms with Crippen LogP contribution in [0.4, 0.5) is 0 Å². The molecule has 0 amide bonds. The second-order valence-corrected chi connectivity index (χ2v) is 3.85. The van der Waals surface area contributed by atoms with Crippen LogP contribution >= 0.6 is 0 Å². The molecule has 0 atom stereocenters. The van der Waals surface area contributed by atoms with Crippen molar-refractivity contribution in [2.24, 2.45) is 0 Å². The summed E-state index contributed by atoms with van der Waals surface area (Å²) in [6.07, 6.45) is 1.90. The summed E-state index contributed by atoms with van der Waals surface area (Å²) in [7, 11) is -5.04. The quantitative estimate of drug-likeness (QED) is 0.446. The molecule has 1 N–H and O–H groups in total. The molecule has 0 unspecified atom stereocenters. The van der Waals surface area contributed by atoms with Crippen molar-refractivity contribution < 1.29 is 32.2 Å². The first-order valence-corrected chi connectivity index (χ1v) is 5.48. The van der Waals surface area contributed by atoms with E-state index in [1.807, 2.05) is 0 Å². The van der Waals surface area contributed by atoms with Crippen LogP contribution in [0.3, 0.4) is 0 Å². The van der Waals surface area contributed by atoms with Gasteiger partial charge in [-0.3, -0.25) is 0 Å². The maximum atomic E-state index is 11.1. The lowest BCUT2D eigenvalue weighted by molar-refractivity contribution is -0.269. The van der Waals surface area contributed by atoms with Crippen LogP contribution in [-0.2, 0) is 15.2 Å². The number of carbonyl (C=O) groups is 1. The van der Waals surface area contributed by atoms with Crippen LogP contribution in [0.25, 0.3) is 6.08 Å². The van der Waals surface area contributed by atoms with Gasteiger partial charge in [-0.1, -0.05) is 17.9 Å². The molecule has 0 spiro atoms. The zero-order valence-corrected chi connectivity index (χ0v) is 9.01. The smallest absolute Gasteiger partial charge is 0.328 e. The van der Waals surface area contributed by atoms with Crippen molar-refractivity contribution in [3.8, 4) is 11.5 Å². The minimum Gasteiger partial charge on any atom is -0.870 e. The summed E-state index contributed by atoms with van der Waals surface area (Å²) >= 11 is 0. The first-order valence-electron chi connectivity index (χ1n) is 4.15. The SMILES string of the molecule is O=C(O)/C=C/c1ccc([O-])c(OS(=O)(=O)[O-])c1. The van der Waals surface area contributed by atoms with Gasteiger partial charge >= 0.3 is 5.97 Å². The lowest BCUT2D eigenvalue weighted by Crippen LogP contribution is -2.09. The highest BCUT2D eigenvalue weighted by Crippen LogP contribution is 2.25. The Morgan fingerprint density at radius 1 is 1.41 bits per heavy atom. The van der Waals surface area contributed by atoms with Crippen LogP contribution in [0.15, 0.2) is 24.3 Å². The summed E-state index contributed by atoms with van der Waals surface area (Å²) in [5, 5.41) is 19.5. The summed E-state index contributed by atoms with van der Waals surface area (Å²) in [6.45, 7) is 0. The fraction of sp³-hybridized carbons (Fsp3) is 0. The number of carboxylic acids is 1. The van der Waals surface area contributed by atoms with E-state index in [0.717, 1.165) is 24.3 Å². The lowest BCUT2D eigenvalue weighted by Gasteiger charge is -2.16. The number of benzene rings is 1. The molecule has 0 aliphatic rings. The van der Waals surface area contributed by atoms with Crippen molar-refractivity contribution >= 4 is 22.4 Å². The molecule has 1 aromatic carbocycles. The van der Waals surface area contributed by atoms with Gasteiger partial charge < -0.3 is 18.9 Å². The Morgan fingerprint density at radius 3 is 2.59 bits per heavy atom. The van der Waals surface area contributed by atoms with E-state index in [1.165, 1.54) is 6.07 Å². The van der Waals surface area contributed by atoms with Gasteiger partial charge in [0, 0.05) is 6.08 Å². The second-order valence-electron chi connectivity index (χ2n) is 2.87. The summed E-state index contributed by atoms with van der Waals surface area (Å²) in [5.74, 6) is -2.68. The summed E-state index contributed by atoms with van der Waals surface area (Å²) in [5.41, 5.74) is 0.214. The number of rotatable bonds is 4. The highest BCUT2D eigenvalue weighted by atomic mass is 32.3. The minimum absolute atomic E-state index is 0.214. The van der Waals surface area contributed by atoms with E-state index in [1.54, 1.807) is 0 Å². The molecule has 0 aliphatic carbocycles. The molecule has 17 heavy (non-hydrogen) atoms. The maximum absolute atomic E-state index is 11.1. The molecule has 0 saturated carbocycles. The topological polar surface area (TPSA) is 127 Å². The van der Waals surface area contributed by atoms with Crippen molar-refractivity contribution in [3.05, 3.63) is 29.8 Å². The van der Waals surface area contributed by atoms with Crippen LogP contribution in [0.2, 0.25) is 0 Å². The molecule has 0 radical (unpaired) electrons. The Morgan fingerprint density at radius 2 is 2.06 bits per heavy atom. The Hall–Kier alpha value is -2.06. The van der Waals surface area contributed by atoms with Crippen molar-refractivity contribution in [2.45, 2.75) is 0 Å². The average Bonchev–Trinajstić information content (AvgIpc) is 2.17. The van der Waals surface area contributed by atoms with Crippen LogP contribution in [0.5, 0.6) is 11.5 Å². The largest absolute Gasteiger partial charge is 0.870 e. The number of hydrogen-bond acceptors (Lipinski definition) is 6. The third-order valence-electron chi connectivity index (χ3n) is 1.58. The van der Waals surface area contributed by atoms with Gasteiger partial charge in [-0.05, 0) is 17.7 Å². The predicted molar refractivity (Wildman–Crippen MR) is 52.9 cm³/mol. The first-order chi connectivity index (χ1) is 7.78. The fourth-order valence-electron chi connectivity index (χ4n) is 0.971. The van der Waals surface area contributed by atoms with E-state index in [0.29, 0.717) is 0 Å². The molecular formula is C9H6O7S-2. The van der Waals surface area contributed by atoms with E-state index in [9.17, 15) is 22.9 Å². The first kappa shape index (κ1) is 13.0. The molecule has 92 valence electrons. The van der Waals surface area contributed by atoms with Crippen LogP contribution in [-0.4, -0.2) is 24.0 Å². The second kappa shape index (κ2) is 4.85. The van der Waals surface area contributed by atoms with Crippen molar-refractivity contribution in [1.82, 2.24) is 0 Å². The normalized spacial score (nSPS) is 11.6. The van der Waals surface area contributed by atoms with Gasteiger partial charge in [-0.2, -0.15) is 0 Å². The number of carboxylic acid groups (broad SMARTS) is 1. The molecule has 0 aromatic heterocycles. The molecular weight excluding hydrogens is 252 g/mol. The molecule has 1 aromatic rings. The predicted octanol–water partition coefficient (Wildman–Crippen LogP) is -0.303. The van der Waals surface area contributed by atoms with Crippen LogP contribution < -0.4 is 9.29 Å². The van der Waals surface area contributed by atoms with Crippen molar-refractivity contribution in [2.75, 3.05) is 0 Å². The Labute approximate surface area is 96.5 Å². The number of hydrogen-bond donors (Lipinski definition) is 1. The summed E-state index contributed by atoms with van der Waals surface area (Å²) < 4.78 is 34.8. The lowest BCUT2D eigenvalue weighted by atomic mass is 10.2. The van der Waals surface area contributed by atoms with E-state index >= 15 is 0 Å². The van der Waals surface area contributed by atoms with E-state index in [-0.39, 0.29) is 5.56 Å². The van der Waals surface area contributed by atoms with Crippen LogP contribution in [0.1, 0.15) is 5.56 Å². The Kier molecular flexibility index (Phi) is 3.71. The van der Waals surface area contributed by atoms with Crippen LogP contribution in [0, 0.1) is 0 Å². The Balaban J connectivity index is 3.06. The van der Waals surface area contributed by atoms with Gasteiger partial charge in [0.2, 0.25) is 0 Å². The van der Waals surface area contributed by atoms with Crippen molar-refractivity contribution in [3.63, 3.8) is 0 Å². The molecule has 7 nitrogen and oxygen atoms in total. The monoisotopic (exact) mass is 258 g/mol. The minimum atomic E-state index is -5.04. The molecule has 1 rings (SSSR count). The molecule has 0 bridgehead atoms. The van der Waals surface area contributed by atoms with Gasteiger partial charge in [0.05, 0.1) is 0 Å². The van der Waals surface area contributed by atoms with Gasteiger partial charge in [0.25, 0.3) is 10.4 Å². The highest BCUT2D eigenvalue weighted by molar-refractivity contribution is 7.81. The molecule has 0 heterocycles. The van der Waals surface area contributed by atoms with E-state index in [2.05, 4.69) is 4.18 Å². The third-order valence-corrected chi connectivity index (χ3v) is 1.96. The van der Waals surface area contributed by atoms with Crippen molar-refractivity contribution in [1.29, 1.82) is 0 Å². The third kappa shape index (κ3) is 4.53. The molecule has 0 fully saturated rings. The molecule has 0 saturated heterocycles. The van der Waals surface area contributed by atoms with E-state index in [4.69, 9.17) is 5.11 Å². The van der Waals surface area contributed by atoms with E-state index < -0.39 is 27.9 Å². The zero-order chi connectivity index (χ0) is 13.1. The standard InChI is InChI=1S/C9H8O7S/c10-7-3-1-6(2-4-9(11)12)5-8(7)16-17(13,14)15/h1-5,10H,(H,11,12)(H,13,14,15)/p-2/b4-2+. The van der Waals surface area contributed by atoms with Gasteiger partial charge in [0.15, 0.2) is 0 Å². The Bertz CT molecular complexity index is 559. The highest BCUT2D eigenvalue weighted by Gasteiger charge is 2.01. The summed E-state index contributed by atoms with van der Waals surface area (Å²) in [4.78, 5) is 10.2. The molecule has 0 aliphatic heterocycles. The summed E-state index contributed by atoms with van der Waals surface area (Å²) in [6, 6.07) is 3.17. The molecule has 8 heteroatoms. The zero-order valence-electron chi connectivity index (χ0n) is 8.19.